The van der Waals surface area contributed by atoms with E-state index >= 15 is 0 Å². The van der Waals surface area contributed by atoms with E-state index in [1.54, 1.807) is 6.07 Å². The first-order valence-electron chi connectivity index (χ1n) is 8.15. The van der Waals surface area contributed by atoms with Gasteiger partial charge in [0.05, 0.1) is 23.5 Å². The molecule has 0 aliphatic carbocycles. The first-order valence-corrected chi connectivity index (χ1v) is 8.15. The minimum Gasteiger partial charge on any atom is -0.545 e. The Labute approximate surface area is 147 Å². The molecule has 0 saturated carbocycles. The summed E-state index contributed by atoms with van der Waals surface area (Å²) in [4.78, 5) is 25.1. The molecule has 0 bridgehead atoms. The first-order chi connectivity index (χ1) is 12.0. The van der Waals surface area contributed by atoms with Gasteiger partial charge in [-0.3, -0.25) is 0 Å². The van der Waals surface area contributed by atoms with Crippen LogP contribution in [0.5, 0.6) is 0 Å². The third-order valence-corrected chi connectivity index (χ3v) is 3.92. The predicted octanol–water partition coefficient (Wildman–Crippen LogP) is 2.23. The van der Waals surface area contributed by atoms with E-state index in [4.69, 9.17) is 0 Å². The summed E-state index contributed by atoms with van der Waals surface area (Å²) in [5.41, 5.74) is 1.95. The van der Waals surface area contributed by atoms with Crippen molar-refractivity contribution < 1.29 is 9.90 Å². The van der Waals surface area contributed by atoms with Crippen molar-refractivity contribution in [2.24, 2.45) is 5.29 Å². The number of rotatable bonds is 9. The monoisotopic (exact) mass is 340 g/mol. The number of hydrogen-bond acceptors (Lipinski definition) is 5. The molecule has 0 amide bonds. The predicted molar refractivity (Wildman–Crippen MR) is 96.1 cm³/mol. The van der Waals surface area contributed by atoms with Gasteiger partial charge in [0.25, 0.3) is 0 Å². The van der Waals surface area contributed by atoms with Crippen LogP contribution in [0.15, 0.2) is 53.8 Å². The van der Waals surface area contributed by atoms with Crippen LogP contribution in [-0.4, -0.2) is 31.5 Å². The van der Waals surface area contributed by atoms with Gasteiger partial charge in [0.15, 0.2) is 0 Å². The van der Waals surface area contributed by atoms with Crippen molar-refractivity contribution in [2.75, 3.05) is 25.6 Å². The maximum absolute atomic E-state index is 11.5. The molecule has 0 unspecified atom stereocenters. The van der Waals surface area contributed by atoms with Crippen LogP contribution in [0.4, 0.5) is 5.69 Å². The molecule has 0 aliphatic rings. The Morgan fingerprint density at radius 2 is 1.80 bits per heavy atom. The van der Waals surface area contributed by atoms with Gasteiger partial charge in [-0.2, -0.15) is 0 Å². The van der Waals surface area contributed by atoms with E-state index in [9.17, 15) is 14.8 Å². The van der Waals surface area contributed by atoms with Crippen LogP contribution in [0, 0.1) is 4.91 Å². The van der Waals surface area contributed by atoms with Gasteiger partial charge >= 0.3 is 0 Å². The number of para-hydroxylation sites is 1. The van der Waals surface area contributed by atoms with Crippen molar-refractivity contribution in [3.8, 4) is 0 Å². The fourth-order valence-corrected chi connectivity index (χ4v) is 2.75. The van der Waals surface area contributed by atoms with Gasteiger partial charge in [0, 0.05) is 5.56 Å². The Hall–Kier alpha value is -2.73. The maximum atomic E-state index is 11.5. The van der Waals surface area contributed by atoms with E-state index < -0.39 is 5.97 Å². The molecule has 0 N–H and O–H groups in total. The van der Waals surface area contributed by atoms with E-state index in [0.29, 0.717) is 12.1 Å². The van der Waals surface area contributed by atoms with Crippen LogP contribution in [0.25, 0.3) is 0 Å². The van der Waals surface area contributed by atoms with Crippen molar-refractivity contribution in [2.45, 2.75) is 19.4 Å². The lowest BCUT2D eigenvalue weighted by atomic mass is 10.0. The van der Waals surface area contributed by atoms with Crippen molar-refractivity contribution >= 4 is 11.7 Å². The summed E-state index contributed by atoms with van der Waals surface area (Å²) in [6, 6.07) is 14.3. The van der Waals surface area contributed by atoms with Crippen LogP contribution in [0.2, 0.25) is 0 Å². The number of carboxylic acid groups (broad SMARTS) is 1. The standard InChI is InChI=1S/C19H23N3O3/c1-21(2)13-7-11-16-10-6-12-17(19(23)24)18(16)22(20-25)14-15-8-4-3-5-9-15/h3-6,8-10,12H,7,11,13-14H2,1-2H3,(H,23,24)/p-1. The molecular formula is C19H22N3O3-. The molecule has 0 heterocycles. The van der Waals surface area contributed by atoms with Crippen molar-refractivity contribution in [3.05, 3.63) is 70.1 Å². The number of hydrogen-bond donors (Lipinski definition) is 0. The Morgan fingerprint density at radius 1 is 1.08 bits per heavy atom. The lowest BCUT2D eigenvalue weighted by molar-refractivity contribution is -0.254. The van der Waals surface area contributed by atoms with Gasteiger partial charge in [-0.15, -0.1) is 4.91 Å². The molecule has 0 radical (unpaired) electrons. The summed E-state index contributed by atoms with van der Waals surface area (Å²) in [6.45, 7) is 1.07. The zero-order chi connectivity index (χ0) is 18.2. The van der Waals surface area contributed by atoms with Crippen molar-refractivity contribution in [1.82, 2.24) is 4.90 Å². The molecule has 2 aromatic carbocycles. The zero-order valence-corrected chi connectivity index (χ0v) is 14.5. The van der Waals surface area contributed by atoms with Crippen LogP contribution < -0.4 is 10.1 Å². The van der Waals surface area contributed by atoms with Gasteiger partial charge in [0.1, 0.15) is 0 Å². The number of carboxylic acids is 1. The second-order valence-electron chi connectivity index (χ2n) is 6.13. The molecule has 0 atom stereocenters. The van der Waals surface area contributed by atoms with E-state index in [1.807, 2.05) is 50.5 Å². The van der Waals surface area contributed by atoms with Crippen molar-refractivity contribution in [1.29, 1.82) is 0 Å². The second-order valence-corrected chi connectivity index (χ2v) is 6.13. The van der Waals surface area contributed by atoms with Crippen molar-refractivity contribution in [3.63, 3.8) is 0 Å². The Kier molecular flexibility index (Phi) is 6.65. The minimum absolute atomic E-state index is 0.0158. The summed E-state index contributed by atoms with van der Waals surface area (Å²) in [7, 11) is 3.96. The summed E-state index contributed by atoms with van der Waals surface area (Å²) < 4.78 is 0. The Balaban J connectivity index is 2.36. The van der Waals surface area contributed by atoms with Gasteiger partial charge in [-0.05, 0) is 44.6 Å². The lowest BCUT2D eigenvalue weighted by Crippen LogP contribution is -2.27. The molecule has 6 heteroatoms. The molecule has 6 nitrogen and oxygen atoms in total. The Morgan fingerprint density at radius 3 is 2.40 bits per heavy atom. The number of nitroso groups, excluding NO2 is 1. The fraction of sp³-hybridized carbons (Fsp3) is 0.316. The third-order valence-electron chi connectivity index (χ3n) is 3.92. The fourth-order valence-electron chi connectivity index (χ4n) is 2.75. The molecule has 0 spiro atoms. The molecule has 0 saturated heterocycles. The van der Waals surface area contributed by atoms with Gasteiger partial charge < -0.3 is 14.8 Å². The highest BCUT2D eigenvalue weighted by atomic mass is 16.4. The number of aryl methyl sites for hydroxylation is 1. The number of benzene rings is 2. The highest BCUT2D eigenvalue weighted by molar-refractivity contribution is 5.94. The van der Waals surface area contributed by atoms with E-state index in [-0.39, 0.29) is 12.1 Å². The van der Waals surface area contributed by atoms with E-state index in [0.717, 1.165) is 24.1 Å². The molecule has 25 heavy (non-hydrogen) atoms. The number of nitrogens with zero attached hydrogens (tertiary/aromatic N) is 3. The van der Waals surface area contributed by atoms with Gasteiger partial charge in [-0.25, -0.2) is 5.01 Å². The topological polar surface area (TPSA) is 76.0 Å². The third kappa shape index (κ3) is 5.12. The normalized spacial score (nSPS) is 10.7. The number of carbonyl (C=O) groups excluding carboxylic acids is 1. The molecule has 2 aromatic rings. The minimum atomic E-state index is -1.31. The molecule has 0 aliphatic heterocycles. The number of anilines is 1. The molecule has 0 fully saturated rings. The van der Waals surface area contributed by atoms with E-state index in [2.05, 4.69) is 10.2 Å². The summed E-state index contributed by atoms with van der Waals surface area (Å²) >= 11 is 0. The van der Waals surface area contributed by atoms with Crippen LogP contribution in [0.1, 0.15) is 27.9 Å². The highest BCUT2D eigenvalue weighted by Crippen LogP contribution is 2.28. The summed E-state index contributed by atoms with van der Waals surface area (Å²) in [5.74, 6) is -1.31. The van der Waals surface area contributed by atoms with Crippen LogP contribution in [-0.2, 0) is 13.0 Å². The smallest absolute Gasteiger partial charge is 0.0752 e. The summed E-state index contributed by atoms with van der Waals surface area (Å²) in [5, 5.41) is 15.8. The zero-order valence-electron chi connectivity index (χ0n) is 14.5. The molecular weight excluding hydrogens is 318 g/mol. The first kappa shape index (κ1) is 18.6. The largest absolute Gasteiger partial charge is 0.545 e. The average Bonchev–Trinajstić information content (AvgIpc) is 2.60. The average molecular weight is 340 g/mol. The Bertz CT molecular complexity index is 717. The van der Waals surface area contributed by atoms with E-state index in [1.165, 1.54) is 11.1 Å². The van der Waals surface area contributed by atoms with Crippen LogP contribution in [0.3, 0.4) is 0 Å². The number of carbonyl (C=O) groups is 1. The van der Waals surface area contributed by atoms with Crippen LogP contribution >= 0.6 is 0 Å². The summed E-state index contributed by atoms with van der Waals surface area (Å²) in [6.07, 6.45) is 1.49. The van der Waals surface area contributed by atoms with Gasteiger partial charge in [-0.1, -0.05) is 48.5 Å². The molecule has 2 rings (SSSR count). The quantitative estimate of drug-likeness (QED) is 0.517. The lowest BCUT2D eigenvalue weighted by Gasteiger charge is -2.23. The van der Waals surface area contributed by atoms with Gasteiger partial charge in [0.2, 0.25) is 0 Å². The SMILES string of the molecule is CN(C)CCCc1cccc(C(=O)[O-])c1N(Cc1ccccc1)N=O. The maximum Gasteiger partial charge on any atom is 0.0752 e. The molecule has 132 valence electrons. The number of aromatic carboxylic acids is 1. The second kappa shape index (κ2) is 8.94. The molecule has 0 aromatic heterocycles. The highest BCUT2D eigenvalue weighted by Gasteiger charge is 2.18.